The van der Waals surface area contributed by atoms with Crippen molar-refractivity contribution in [1.29, 1.82) is 0 Å². The Kier molecular flexibility index (Phi) is 2.56. The molecule has 0 saturated heterocycles. The molecule has 2 heterocycles. The minimum Gasteiger partial charge on any atom is -0.217 e. The molecule has 0 radical (unpaired) electrons. The Hall–Kier alpha value is -2.28. The Labute approximate surface area is 109 Å². The molecular formula is C12H10N4O2S. The summed E-state index contributed by atoms with van der Waals surface area (Å²) < 4.78 is 26.1. The lowest BCUT2D eigenvalue weighted by Gasteiger charge is -2.04. The Balaban J connectivity index is 2.15. The van der Waals surface area contributed by atoms with E-state index in [9.17, 15) is 8.42 Å². The van der Waals surface area contributed by atoms with Crippen molar-refractivity contribution in [2.75, 3.05) is 0 Å². The fraction of sp³-hybridized carbons (Fsp3) is 0.0833. The van der Waals surface area contributed by atoms with E-state index in [1.807, 2.05) is 6.92 Å². The van der Waals surface area contributed by atoms with E-state index in [-0.39, 0.29) is 9.92 Å². The van der Waals surface area contributed by atoms with E-state index in [0.717, 1.165) is 5.56 Å². The predicted molar refractivity (Wildman–Crippen MR) is 67.4 cm³/mol. The van der Waals surface area contributed by atoms with E-state index in [0.29, 0.717) is 5.65 Å². The molecule has 0 aliphatic heterocycles. The van der Waals surface area contributed by atoms with Crippen molar-refractivity contribution in [3.05, 3.63) is 48.3 Å². The van der Waals surface area contributed by atoms with Crippen LogP contribution in [0.25, 0.3) is 5.65 Å². The number of sulfone groups is 1. The first-order chi connectivity index (χ1) is 9.07. The van der Waals surface area contributed by atoms with E-state index in [1.54, 1.807) is 30.3 Å². The summed E-state index contributed by atoms with van der Waals surface area (Å²) in [7, 11) is -3.61. The van der Waals surface area contributed by atoms with Crippen molar-refractivity contribution in [2.24, 2.45) is 0 Å². The third-order valence-electron chi connectivity index (χ3n) is 2.74. The molecule has 3 aromatic rings. The van der Waals surface area contributed by atoms with Gasteiger partial charge in [0.15, 0.2) is 10.7 Å². The first-order valence-electron chi connectivity index (χ1n) is 5.56. The molecule has 0 fully saturated rings. The summed E-state index contributed by atoms with van der Waals surface area (Å²) in [5.41, 5.74) is 1.50. The molecule has 3 rings (SSSR count). The largest absolute Gasteiger partial charge is 0.225 e. The number of aromatic nitrogens is 4. The minimum absolute atomic E-state index is 0.0244. The van der Waals surface area contributed by atoms with Crippen LogP contribution in [-0.4, -0.2) is 28.2 Å². The summed E-state index contributed by atoms with van der Waals surface area (Å²) >= 11 is 0. The fourth-order valence-electron chi connectivity index (χ4n) is 1.69. The van der Waals surface area contributed by atoms with Crippen molar-refractivity contribution in [1.82, 2.24) is 19.8 Å². The van der Waals surface area contributed by atoms with Gasteiger partial charge in [0.2, 0.25) is 9.84 Å². The zero-order chi connectivity index (χ0) is 13.5. The van der Waals surface area contributed by atoms with Crippen molar-refractivity contribution >= 4 is 15.5 Å². The zero-order valence-electron chi connectivity index (χ0n) is 10.1. The normalized spacial score (nSPS) is 11.8. The van der Waals surface area contributed by atoms with Gasteiger partial charge in [-0.15, -0.1) is 10.2 Å². The van der Waals surface area contributed by atoms with Gasteiger partial charge >= 0.3 is 0 Å². The van der Waals surface area contributed by atoms with Crippen LogP contribution in [0.3, 0.4) is 0 Å². The zero-order valence-corrected chi connectivity index (χ0v) is 10.9. The van der Waals surface area contributed by atoms with E-state index in [1.165, 1.54) is 16.9 Å². The smallest absolute Gasteiger partial charge is 0.217 e. The molecule has 0 atom stereocenters. The summed E-state index contributed by atoms with van der Waals surface area (Å²) in [6.45, 7) is 1.90. The number of benzene rings is 1. The molecule has 0 aliphatic rings. The predicted octanol–water partition coefficient (Wildman–Crippen LogP) is 1.27. The molecule has 0 N–H and O–H groups in total. The molecule has 96 valence electrons. The van der Waals surface area contributed by atoms with Gasteiger partial charge in [0, 0.05) is 0 Å². The van der Waals surface area contributed by atoms with Crippen LogP contribution >= 0.6 is 0 Å². The molecule has 0 bridgehead atoms. The molecule has 0 unspecified atom stereocenters. The van der Waals surface area contributed by atoms with Crippen LogP contribution in [0.1, 0.15) is 5.56 Å². The highest BCUT2D eigenvalue weighted by atomic mass is 32.2. The van der Waals surface area contributed by atoms with Crippen LogP contribution in [-0.2, 0) is 9.84 Å². The molecule has 1 aromatic carbocycles. The average molecular weight is 274 g/mol. The Bertz CT molecular complexity index is 838. The minimum atomic E-state index is -3.61. The molecule has 19 heavy (non-hydrogen) atoms. The Morgan fingerprint density at radius 2 is 1.79 bits per heavy atom. The first kappa shape index (κ1) is 11.8. The van der Waals surface area contributed by atoms with Crippen LogP contribution in [0, 0.1) is 6.92 Å². The lowest BCUT2D eigenvalue weighted by Crippen LogP contribution is -2.07. The lowest BCUT2D eigenvalue weighted by atomic mass is 10.2. The summed E-state index contributed by atoms with van der Waals surface area (Å²) in [4.78, 5) is 0.220. The third kappa shape index (κ3) is 1.97. The number of fused-ring (bicyclic) bond motifs is 1. The van der Waals surface area contributed by atoms with Crippen molar-refractivity contribution in [3.63, 3.8) is 0 Å². The topological polar surface area (TPSA) is 77.2 Å². The van der Waals surface area contributed by atoms with E-state index in [4.69, 9.17) is 0 Å². The van der Waals surface area contributed by atoms with Crippen LogP contribution in [0.4, 0.5) is 0 Å². The van der Waals surface area contributed by atoms with Gasteiger partial charge in [-0.05, 0) is 31.2 Å². The Morgan fingerprint density at radius 1 is 1.05 bits per heavy atom. The fourth-order valence-corrected chi connectivity index (χ4v) is 2.87. The number of aryl methyl sites for hydroxylation is 1. The molecule has 0 aliphatic carbocycles. The van der Waals surface area contributed by atoms with E-state index >= 15 is 0 Å². The molecule has 0 amide bonds. The second-order valence-corrected chi connectivity index (χ2v) is 6.02. The molecule has 6 nitrogen and oxygen atoms in total. The third-order valence-corrected chi connectivity index (χ3v) is 4.40. The van der Waals surface area contributed by atoms with Gasteiger partial charge in [0.25, 0.3) is 0 Å². The maximum atomic E-state index is 12.4. The second-order valence-electron chi connectivity index (χ2n) is 4.12. The SMILES string of the molecule is Cc1ccc(S(=O)(=O)c2ccc3nncn3n2)cc1. The number of hydrogen-bond acceptors (Lipinski definition) is 5. The van der Waals surface area contributed by atoms with Crippen LogP contribution in [0.5, 0.6) is 0 Å². The lowest BCUT2D eigenvalue weighted by molar-refractivity contribution is 0.589. The van der Waals surface area contributed by atoms with E-state index in [2.05, 4.69) is 15.3 Å². The molecule has 7 heteroatoms. The highest BCUT2D eigenvalue weighted by Gasteiger charge is 2.19. The maximum Gasteiger partial charge on any atom is 0.225 e. The standard InChI is InChI=1S/C12H10N4O2S/c1-9-2-4-10(5-3-9)19(17,18)12-7-6-11-14-13-8-16(11)15-12/h2-8H,1H3. The van der Waals surface area contributed by atoms with Crippen LogP contribution < -0.4 is 0 Å². The molecule has 0 spiro atoms. The summed E-state index contributed by atoms with van der Waals surface area (Å²) in [6, 6.07) is 9.65. The monoisotopic (exact) mass is 274 g/mol. The first-order valence-corrected chi connectivity index (χ1v) is 7.04. The van der Waals surface area contributed by atoms with Crippen LogP contribution in [0.2, 0.25) is 0 Å². The molecular weight excluding hydrogens is 264 g/mol. The second kappa shape index (κ2) is 4.13. The number of rotatable bonds is 2. The van der Waals surface area contributed by atoms with Gasteiger partial charge in [0.1, 0.15) is 6.33 Å². The maximum absolute atomic E-state index is 12.4. The van der Waals surface area contributed by atoms with Gasteiger partial charge < -0.3 is 0 Å². The Morgan fingerprint density at radius 3 is 2.53 bits per heavy atom. The van der Waals surface area contributed by atoms with E-state index < -0.39 is 9.84 Å². The quantitative estimate of drug-likeness (QED) is 0.703. The number of hydrogen-bond donors (Lipinski definition) is 0. The van der Waals surface area contributed by atoms with Gasteiger partial charge in [-0.3, -0.25) is 0 Å². The van der Waals surface area contributed by atoms with Gasteiger partial charge in [-0.2, -0.15) is 9.61 Å². The number of nitrogens with zero attached hydrogens (tertiary/aromatic N) is 4. The molecule has 2 aromatic heterocycles. The highest BCUT2D eigenvalue weighted by Crippen LogP contribution is 2.19. The summed E-state index contributed by atoms with van der Waals surface area (Å²) in [5.74, 6) is 0. The van der Waals surface area contributed by atoms with Crippen LogP contribution in [0.15, 0.2) is 52.6 Å². The highest BCUT2D eigenvalue weighted by molar-refractivity contribution is 7.91. The van der Waals surface area contributed by atoms with Crippen molar-refractivity contribution in [2.45, 2.75) is 16.8 Å². The van der Waals surface area contributed by atoms with Crippen molar-refractivity contribution in [3.8, 4) is 0 Å². The van der Waals surface area contributed by atoms with Crippen molar-refractivity contribution < 1.29 is 8.42 Å². The summed E-state index contributed by atoms with van der Waals surface area (Å²) in [6.07, 6.45) is 1.36. The summed E-state index contributed by atoms with van der Waals surface area (Å²) in [5, 5.41) is 11.4. The average Bonchev–Trinajstić information content (AvgIpc) is 2.86. The van der Waals surface area contributed by atoms with Gasteiger partial charge in [0.05, 0.1) is 4.90 Å². The van der Waals surface area contributed by atoms with Gasteiger partial charge in [-0.25, -0.2) is 8.42 Å². The molecule has 0 saturated carbocycles. The van der Waals surface area contributed by atoms with Gasteiger partial charge in [-0.1, -0.05) is 17.7 Å².